The van der Waals surface area contributed by atoms with Gasteiger partial charge in [0.25, 0.3) is 0 Å². The number of amides is 1. The summed E-state index contributed by atoms with van der Waals surface area (Å²) in [6.07, 6.45) is 4.74. The first-order valence-electron chi connectivity index (χ1n) is 9.18. The summed E-state index contributed by atoms with van der Waals surface area (Å²) in [5.74, 6) is -0.161. The molecule has 0 aromatic heterocycles. The molecule has 0 saturated carbocycles. The molecule has 2 aromatic carbocycles. The molecule has 1 saturated heterocycles. The van der Waals surface area contributed by atoms with Gasteiger partial charge < -0.3 is 4.90 Å². The Morgan fingerprint density at radius 3 is 2.14 bits per heavy atom. The molecule has 0 spiro atoms. The predicted molar refractivity (Wildman–Crippen MR) is 113 cm³/mol. The number of sulfonamides is 1. The van der Waals surface area contributed by atoms with E-state index in [4.69, 9.17) is 5.26 Å². The van der Waals surface area contributed by atoms with E-state index in [-0.39, 0.29) is 19.0 Å². The number of piperazine rings is 1. The van der Waals surface area contributed by atoms with E-state index >= 15 is 0 Å². The van der Waals surface area contributed by atoms with E-state index in [0.717, 1.165) is 11.1 Å². The molecule has 1 aliphatic rings. The molecule has 0 bridgehead atoms. The van der Waals surface area contributed by atoms with Crippen LogP contribution >= 0.6 is 0 Å². The van der Waals surface area contributed by atoms with Crippen molar-refractivity contribution in [3.8, 4) is 6.07 Å². The second-order valence-corrected chi connectivity index (χ2v) is 8.37. The summed E-state index contributed by atoms with van der Waals surface area (Å²) in [5, 5.41) is 10.0. The summed E-state index contributed by atoms with van der Waals surface area (Å²) < 4.78 is 26.4. The van der Waals surface area contributed by atoms with E-state index < -0.39 is 10.0 Å². The zero-order valence-electron chi connectivity index (χ0n) is 15.8. The van der Waals surface area contributed by atoms with Gasteiger partial charge in [-0.05, 0) is 35.4 Å². The molecule has 3 rings (SSSR count). The molecule has 1 heterocycles. The topological polar surface area (TPSA) is 81.5 Å². The first kappa shape index (κ1) is 20.5. The maximum atomic E-state index is 12.5. The van der Waals surface area contributed by atoms with Crippen molar-refractivity contribution in [3.63, 3.8) is 0 Å². The molecular formula is C22H21N3O3S. The summed E-state index contributed by atoms with van der Waals surface area (Å²) in [4.78, 5) is 14.0. The Morgan fingerprint density at radius 2 is 1.52 bits per heavy atom. The van der Waals surface area contributed by atoms with Crippen LogP contribution in [0.2, 0.25) is 0 Å². The minimum Gasteiger partial charge on any atom is -0.337 e. The van der Waals surface area contributed by atoms with E-state index in [9.17, 15) is 13.2 Å². The number of nitrogens with zero attached hydrogens (tertiary/aromatic N) is 3. The average Bonchev–Trinajstić information content (AvgIpc) is 2.77. The lowest BCUT2D eigenvalue weighted by molar-refractivity contribution is -0.127. The second kappa shape index (κ2) is 9.32. The van der Waals surface area contributed by atoms with Crippen LogP contribution in [-0.2, 0) is 14.8 Å². The van der Waals surface area contributed by atoms with Crippen LogP contribution in [0.1, 0.15) is 16.7 Å². The Labute approximate surface area is 171 Å². The summed E-state index contributed by atoms with van der Waals surface area (Å²) in [5.41, 5.74) is 2.20. The molecule has 0 atom stereocenters. The summed E-state index contributed by atoms with van der Waals surface area (Å²) in [6.45, 7) is 1.21. The van der Waals surface area contributed by atoms with Crippen molar-refractivity contribution < 1.29 is 13.2 Å². The van der Waals surface area contributed by atoms with Gasteiger partial charge in [-0.15, -0.1) is 0 Å². The Hall–Kier alpha value is -3.21. The minimum absolute atomic E-state index is 0.161. The Kier molecular flexibility index (Phi) is 6.60. The van der Waals surface area contributed by atoms with E-state index in [1.165, 1.54) is 15.8 Å². The Balaban J connectivity index is 1.55. The number of rotatable bonds is 5. The van der Waals surface area contributed by atoms with Gasteiger partial charge >= 0.3 is 0 Å². The van der Waals surface area contributed by atoms with Crippen molar-refractivity contribution in [1.29, 1.82) is 5.26 Å². The van der Waals surface area contributed by atoms with Crippen molar-refractivity contribution in [2.24, 2.45) is 0 Å². The summed E-state index contributed by atoms with van der Waals surface area (Å²) >= 11 is 0. The first-order chi connectivity index (χ1) is 14.0. The van der Waals surface area contributed by atoms with Crippen molar-refractivity contribution in [2.45, 2.75) is 0 Å². The fourth-order valence-electron chi connectivity index (χ4n) is 2.92. The molecule has 1 aliphatic heterocycles. The van der Waals surface area contributed by atoms with E-state index in [1.807, 2.05) is 36.4 Å². The van der Waals surface area contributed by atoms with E-state index in [2.05, 4.69) is 0 Å². The third-order valence-electron chi connectivity index (χ3n) is 4.60. The van der Waals surface area contributed by atoms with Gasteiger partial charge in [0.05, 0.1) is 11.6 Å². The van der Waals surface area contributed by atoms with Gasteiger partial charge in [-0.25, -0.2) is 8.42 Å². The molecule has 0 aliphatic carbocycles. The lowest BCUT2D eigenvalue weighted by atomic mass is 10.1. The van der Waals surface area contributed by atoms with Crippen LogP contribution in [0.4, 0.5) is 0 Å². The molecule has 1 fully saturated rings. The zero-order chi connectivity index (χ0) is 20.7. The molecule has 1 amide bonds. The van der Waals surface area contributed by atoms with Crippen LogP contribution in [0.3, 0.4) is 0 Å². The van der Waals surface area contributed by atoms with Crippen molar-refractivity contribution >= 4 is 28.1 Å². The molecule has 0 N–H and O–H groups in total. The number of carbonyl (C=O) groups is 1. The van der Waals surface area contributed by atoms with Crippen LogP contribution in [0.25, 0.3) is 12.2 Å². The number of hydrogen-bond donors (Lipinski definition) is 0. The van der Waals surface area contributed by atoms with Gasteiger partial charge in [0.2, 0.25) is 15.9 Å². The lowest BCUT2D eigenvalue weighted by Crippen LogP contribution is -2.49. The van der Waals surface area contributed by atoms with Crippen LogP contribution < -0.4 is 0 Å². The maximum absolute atomic E-state index is 12.5. The number of benzene rings is 2. The van der Waals surface area contributed by atoms with Crippen LogP contribution in [-0.4, -0.2) is 49.7 Å². The minimum atomic E-state index is -3.52. The Bertz CT molecular complexity index is 1040. The highest BCUT2D eigenvalue weighted by molar-refractivity contribution is 7.92. The lowest BCUT2D eigenvalue weighted by Gasteiger charge is -2.32. The van der Waals surface area contributed by atoms with Crippen LogP contribution in [0, 0.1) is 11.3 Å². The monoisotopic (exact) mass is 407 g/mol. The van der Waals surface area contributed by atoms with Gasteiger partial charge in [-0.1, -0.05) is 42.5 Å². The van der Waals surface area contributed by atoms with Gasteiger partial charge in [-0.2, -0.15) is 9.57 Å². The second-order valence-electron chi connectivity index (χ2n) is 6.55. The maximum Gasteiger partial charge on any atom is 0.246 e. The normalized spacial score (nSPS) is 15.6. The predicted octanol–water partition coefficient (Wildman–Crippen LogP) is 2.72. The summed E-state index contributed by atoms with van der Waals surface area (Å²) in [7, 11) is -3.52. The van der Waals surface area contributed by atoms with Crippen molar-refractivity contribution in [2.75, 3.05) is 26.2 Å². The molecule has 29 heavy (non-hydrogen) atoms. The number of carbonyl (C=O) groups excluding carboxylic acids is 1. The number of hydrogen-bond acceptors (Lipinski definition) is 4. The van der Waals surface area contributed by atoms with Crippen LogP contribution in [0.15, 0.2) is 66.1 Å². The molecule has 0 radical (unpaired) electrons. The summed E-state index contributed by atoms with van der Waals surface area (Å²) in [6, 6.07) is 18.2. The fraction of sp³-hybridized carbons (Fsp3) is 0.182. The molecule has 0 unspecified atom stereocenters. The van der Waals surface area contributed by atoms with E-state index in [1.54, 1.807) is 41.3 Å². The largest absolute Gasteiger partial charge is 0.337 e. The molecule has 148 valence electrons. The SMILES string of the molecule is N#Cc1ccc(/C=C/C(=O)N2CCN(S(=O)(=O)/C=C/c3ccccc3)CC2)cc1. The first-order valence-corrected chi connectivity index (χ1v) is 10.7. The fourth-order valence-corrected chi connectivity index (χ4v) is 4.09. The van der Waals surface area contributed by atoms with Crippen LogP contribution in [0.5, 0.6) is 0 Å². The smallest absolute Gasteiger partial charge is 0.246 e. The van der Waals surface area contributed by atoms with Crippen molar-refractivity contribution in [3.05, 3.63) is 82.8 Å². The molecule has 2 aromatic rings. The number of nitriles is 1. The Morgan fingerprint density at radius 1 is 0.897 bits per heavy atom. The average molecular weight is 407 g/mol. The molecule has 6 nitrogen and oxygen atoms in total. The van der Waals surface area contributed by atoms with Gasteiger partial charge in [0.1, 0.15) is 0 Å². The van der Waals surface area contributed by atoms with Gasteiger partial charge in [0.15, 0.2) is 0 Å². The quantitative estimate of drug-likeness (QED) is 0.714. The van der Waals surface area contributed by atoms with Crippen molar-refractivity contribution in [1.82, 2.24) is 9.21 Å². The standard InChI is InChI=1S/C22H21N3O3S/c23-18-21-8-6-20(7-9-21)10-11-22(26)24-13-15-25(16-14-24)29(27,28)17-12-19-4-2-1-3-5-19/h1-12,17H,13-16H2/b11-10+,17-12+. The highest BCUT2D eigenvalue weighted by Gasteiger charge is 2.26. The van der Waals surface area contributed by atoms with E-state index in [0.29, 0.717) is 18.7 Å². The highest BCUT2D eigenvalue weighted by Crippen LogP contribution is 2.12. The molecule has 7 heteroatoms. The third-order valence-corrected chi connectivity index (χ3v) is 6.17. The highest BCUT2D eigenvalue weighted by atomic mass is 32.2. The third kappa shape index (κ3) is 5.64. The zero-order valence-corrected chi connectivity index (χ0v) is 16.6. The van der Waals surface area contributed by atoms with Gasteiger partial charge in [-0.3, -0.25) is 4.79 Å². The van der Waals surface area contributed by atoms with Gasteiger partial charge in [0, 0.05) is 37.7 Å². The molecular weight excluding hydrogens is 386 g/mol.